The van der Waals surface area contributed by atoms with Crippen LogP contribution in [-0.2, 0) is 9.84 Å². The van der Waals surface area contributed by atoms with E-state index in [1.54, 1.807) is 6.92 Å². The van der Waals surface area contributed by atoms with E-state index in [9.17, 15) is 13.2 Å². The third kappa shape index (κ3) is 3.88. The van der Waals surface area contributed by atoms with E-state index in [4.69, 9.17) is 10.8 Å². The molecule has 0 atom stereocenters. The van der Waals surface area contributed by atoms with Gasteiger partial charge in [0.1, 0.15) is 5.82 Å². The minimum atomic E-state index is -3.08. The van der Waals surface area contributed by atoms with Gasteiger partial charge in [0.15, 0.2) is 15.5 Å². The van der Waals surface area contributed by atoms with Gasteiger partial charge in [0.05, 0.1) is 11.4 Å². The predicted octanol–water partition coefficient (Wildman–Crippen LogP) is 0.209. The van der Waals surface area contributed by atoms with E-state index < -0.39 is 15.8 Å². The summed E-state index contributed by atoms with van der Waals surface area (Å²) in [5.74, 6) is -0.977. The summed E-state index contributed by atoms with van der Waals surface area (Å²) in [6, 6.07) is 2.69. The Labute approximate surface area is 105 Å². The number of rotatable bonds is 6. The molecule has 4 N–H and O–H groups in total. The number of carboxylic acid groups (broad SMARTS) is 1. The zero-order valence-corrected chi connectivity index (χ0v) is 10.7. The van der Waals surface area contributed by atoms with Crippen molar-refractivity contribution in [2.24, 2.45) is 0 Å². The van der Waals surface area contributed by atoms with E-state index in [1.807, 2.05) is 0 Å². The molecule has 0 spiro atoms. The number of carbonyl (C=O) groups is 1. The first kappa shape index (κ1) is 14.2. The number of anilines is 2. The number of pyridine rings is 1. The molecule has 0 amide bonds. The molecular weight excluding hydrogens is 258 g/mol. The SMILES string of the molecule is CCS(=O)(=O)CCNc1nc(C(=O)O)ccc1N. The van der Waals surface area contributed by atoms with Crippen LogP contribution in [0, 0.1) is 0 Å². The molecule has 0 saturated heterocycles. The van der Waals surface area contributed by atoms with Crippen LogP contribution in [0.3, 0.4) is 0 Å². The van der Waals surface area contributed by atoms with Gasteiger partial charge in [-0.3, -0.25) is 0 Å². The van der Waals surface area contributed by atoms with Crippen molar-refractivity contribution >= 4 is 27.3 Å². The highest BCUT2D eigenvalue weighted by molar-refractivity contribution is 7.91. The number of nitrogens with zero attached hydrogens (tertiary/aromatic N) is 1. The van der Waals surface area contributed by atoms with Gasteiger partial charge in [0.2, 0.25) is 0 Å². The molecule has 7 nitrogen and oxygen atoms in total. The van der Waals surface area contributed by atoms with Crippen molar-refractivity contribution in [3.63, 3.8) is 0 Å². The average Bonchev–Trinajstić information content (AvgIpc) is 2.31. The molecule has 1 aromatic rings. The van der Waals surface area contributed by atoms with Crippen molar-refractivity contribution in [1.82, 2.24) is 4.98 Å². The highest BCUT2D eigenvalue weighted by Gasteiger charge is 2.10. The van der Waals surface area contributed by atoms with Gasteiger partial charge in [-0.1, -0.05) is 6.92 Å². The Hall–Kier alpha value is -1.83. The maximum absolute atomic E-state index is 11.3. The Morgan fingerprint density at radius 3 is 2.72 bits per heavy atom. The molecule has 18 heavy (non-hydrogen) atoms. The van der Waals surface area contributed by atoms with Crippen LogP contribution in [0.2, 0.25) is 0 Å². The summed E-state index contributed by atoms with van der Waals surface area (Å²) in [7, 11) is -3.08. The van der Waals surface area contributed by atoms with Crippen molar-refractivity contribution in [2.45, 2.75) is 6.92 Å². The predicted molar refractivity (Wildman–Crippen MR) is 68.4 cm³/mol. The van der Waals surface area contributed by atoms with Crippen LogP contribution >= 0.6 is 0 Å². The standard InChI is InChI=1S/C10H15N3O4S/c1-2-18(16,17)6-5-12-9-7(11)3-4-8(13-9)10(14)15/h3-4H,2,5-6,11H2,1H3,(H,12,13)(H,14,15). The summed E-state index contributed by atoms with van der Waals surface area (Å²) in [5.41, 5.74) is 5.73. The molecule has 0 aliphatic rings. The number of aromatic carboxylic acids is 1. The zero-order valence-electron chi connectivity index (χ0n) is 9.88. The fraction of sp³-hybridized carbons (Fsp3) is 0.400. The lowest BCUT2D eigenvalue weighted by molar-refractivity contribution is 0.0690. The second kappa shape index (κ2) is 5.67. The van der Waals surface area contributed by atoms with E-state index in [1.165, 1.54) is 12.1 Å². The molecule has 0 aliphatic carbocycles. The first-order valence-electron chi connectivity index (χ1n) is 5.30. The molecule has 0 radical (unpaired) electrons. The Balaban J connectivity index is 2.73. The molecule has 0 fully saturated rings. The Bertz CT molecular complexity index is 542. The van der Waals surface area contributed by atoms with Crippen molar-refractivity contribution < 1.29 is 18.3 Å². The molecule has 8 heteroatoms. The van der Waals surface area contributed by atoms with Crippen LogP contribution in [-0.4, -0.2) is 42.5 Å². The molecule has 0 unspecified atom stereocenters. The maximum atomic E-state index is 11.3. The Morgan fingerprint density at radius 2 is 2.17 bits per heavy atom. The van der Waals surface area contributed by atoms with Crippen LogP contribution in [0.4, 0.5) is 11.5 Å². The zero-order chi connectivity index (χ0) is 13.8. The number of nitrogens with one attached hydrogen (secondary N) is 1. The van der Waals surface area contributed by atoms with E-state index in [0.717, 1.165) is 0 Å². The summed E-state index contributed by atoms with van der Waals surface area (Å²) in [6.45, 7) is 1.70. The lowest BCUT2D eigenvalue weighted by Crippen LogP contribution is -2.18. The van der Waals surface area contributed by atoms with E-state index in [-0.39, 0.29) is 35.2 Å². The van der Waals surface area contributed by atoms with Gasteiger partial charge in [-0.15, -0.1) is 0 Å². The number of hydrogen-bond donors (Lipinski definition) is 3. The van der Waals surface area contributed by atoms with E-state index in [2.05, 4.69) is 10.3 Å². The van der Waals surface area contributed by atoms with Gasteiger partial charge < -0.3 is 16.2 Å². The van der Waals surface area contributed by atoms with Gasteiger partial charge in [-0.2, -0.15) is 0 Å². The number of aromatic nitrogens is 1. The van der Waals surface area contributed by atoms with E-state index in [0.29, 0.717) is 0 Å². The fourth-order valence-corrected chi connectivity index (χ4v) is 1.90. The molecule has 0 aliphatic heterocycles. The molecule has 0 saturated carbocycles. The fourth-order valence-electron chi connectivity index (χ4n) is 1.20. The van der Waals surface area contributed by atoms with Crippen molar-refractivity contribution in [3.8, 4) is 0 Å². The lowest BCUT2D eigenvalue weighted by Gasteiger charge is -2.08. The van der Waals surface area contributed by atoms with Gasteiger partial charge >= 0.3 is 5.97 Å². The third-order valence-electron chi connectivity index (χ3n) is 2.29. The van der Waals surface area contributed by atoms with E-state index >= 15 is 0 Å². The van der Waals surface area contributed by atoms with Gasteiger partial charge in [0.25, 0.3) is 0 Å². The van der Waals surface area contributed by atoms with Gasteiger partial charge in [-0.25, -0.2) is 18.2 Å². The van der Waals surface area contributed by atoms with Crippen molar-refractivity contribution in [1.29, 1.82) is 0 Å². The highest BCUT2D eigenvalue weighted by Crippen LogP contribution is 2.15. The minimum Gasteiger partial charge on any atom is -0.477 e. The smallest absolute Gasteiger partial charge is 0.354 e. The third-order valence-corrected chi connectivity index (χ3v) is 4.00. The molecule has 0 bridgehead atoms. The van der Waals surface area contributed by atoms with Crippen LogP contribution in [0.1, 0.15) is 17.4 Å². The quantitative estimate of drug-likeness (QED) is 0.677. The minimum absolute atomic E-state index is 0.0537. The normalized spacial score (nSPS) is 11.2. The van der Waals surface area contributed by atoms with Crippen molar-refractivity contribution in [2.75, 3.05) is 29.1 Å². The molecule has 1 heterocycles. The number of hydrogen-bond acceptors (Lipinski definition) is 6. The second-order valence-corrected chi connectivity index (χ2v) is 6.08. The van der Waals surface area contributed by atoms with Gasteiger partial charge in [0, 0.05) is 12.3 Å². The average molecular weight is 273 g/mol. The van der Waals surface area contributed by atoms with Crippen LogP contribution < -0.4 is 11.1 Å². The summed E-state index contributed by atoms with van der Waals surface area (Å²) in [6.07, 6.45) is 0. The lowest BCUT2D eigenvalue weighted by atomic mass is 10.3. The molecule has 1 aromatic heterocycles. The Morgan fingerprint density at radius 1 is 1.50 bits per heavy atom. The van der Waals surface area contributed by atoms with Gasteiger partial charge in [-0.05, 0) is 12.1 Å². The topological polar surface area (TPSA) is 122 Å². The van der Waals surface area contributed by atoms with Crippen LogP contribution in [0.15, 0.2) is 12.1 Å². The number of sulfone groups is 1. The second-order valence-electron chi connectivity index (χ2n) is 3.60. The van der Waals surface area contributed by atoms with Crippen LogP contribution in [0.5, 0.6) is 0 Å². The summed E-state index contributed by atoms with van der Waals surface area (Å²) in [4.78, 5) is 14.5. The summed E-state index contributed by atoms with van der Waals surface area (Å²) in [5, 5.41) is 11.5. The number of nitrogens with two attached hydrogens (primary N) is 1. The molecule has 1 rings (SSSR count). The largest absolute Gasteiger partial charge is 0.477 e. The summed E-state index contributed by atoms with van der Waals surface area (Å²) < 4.78 is 22.5. The van der Waals surface area contributed by atoms with Crippen LogP contribution in [0.25, 0.3) is 0 Å². The Kier molecular flexibility index (Phi) is 4.49. The number of nitrogen functional groups attached to an aromatic ring is 1. The first-order valence-corrected chi connectivity index (χ1v) is 7.12. The first-order chi connectivity index (χ1) is 8.35. The highest BCUT2D eigenvalue weighted by atomic mass is 32.2. The molecule has 100 valence electrons. The van der Waals surface area contributed by atoms with Crippen molar-refractivity contribution in [3.05, 3.63) is 17.8 Å². The molecule has 0 aromatic carbocycles. The summed E-state index contributed by atoms with van der Waals surface area (Å²) >= 11 is 0. The molecular formula is C10H15N3O4S. The maximum Gasteiger partial charge on any atom is 0.354 e. The number of carboxylic acids is 1. The monoisotopic (exact) mass is 273 g/mol.